The van der Waals surface area contributed by atoms with Gasteiger partial charge in [-0.3, -0.25) is 0 Å². The molecule has 0 spiro atoms. The maximum Gasteiger partial charge on any atom is 0.125 e. The summed E-state index contributed by atoms with van der Waals surface area (Å²) in [5.41, 5.74) is 7.68. The lowest BCUT2D eigenvalue weighted by atomic mass is 10.1. The van der Waals surface area contributed by atoms with Crippen LogP contribution in [0.5, 0.6) is 5.75 Å². The Morgan fingerprint density at radius 2 is 2.06 bits per heavy atom. The molecule has 0 fully saturated rings. The van der Waals surface area contributed by atoms with Gasteiger partial charge in [0.15, 0.2) is 0 Å². The Kier molecular flexibility index (Phi) is 5.84. The largest absolute Gasteiger partial charge is 0.496 e. The first-order valence-electron chi connectivity index (χ1n) is 6.28. The van der Waals surface area contributed by atoms with Gasteiger partial charge in [0.05, 0.1) is 7.11 Å². The maximum absolute atomic E-state index is 5.74. The summed E-state index contributed by atoms with van der Waals surface area (Å²) in [6.45, 7) is 4.26. The topological polar surface area (TPSA) is 38.5 Å². The van der Waals surface area contributed by atoms with Crippen LogP contribution in [0.1, 0.15) is 31.7 Å². The van der Waals surface area contributed by atoms with Crippen LogP contribution in [-0.2, 0) is 6.54 Å². The highest BCUT2D eigenvalue weighted by Crippen LogP contribution is 2.22. The van der Waals surface area contributed by atoms with Gasteiger partial charge in [-0.2, -0.15) is 0 Å². The van der Waals surface area contributed by atoms with Gasteiger partial charge in [0.1, 0.15) is 5.75 Å². The Labute approximate surface area is 105 Å². The van der Waals surface area contributed by atoms with Gasteiger partial charge in [-0.1, -0.05) is 25.8 Å². The zero-order valence-corrected chi connectivity index (χ0v) is 11.2. The van der Waals surface area contributed by atoms with Crippen molar-refractivity contribution in [2.75, 3.05) is 26.4 Å². The van der Waals surface area contributed by atoms with Gasteiger partial charge < -0.3 is 15.4 Å². The van der Waals surface area contributed by atoms with Crippen molar-refractivity contribution in [1.29, 1.82) is 0 Å². The van der Waals surface area contributed by atoms with E-state index < -0.39 is 0 Å². The summed E-state index contributed by atoms with van der Waals surface area (Å²) in [4.78, 5) is 2.32. The van der Waals surface area contributed by atoms with Crippen molar-refractivity contribution in [3.63, 3.8) is 0 Å². The molecule has 0 radical (unpaired) electrons. The van der Waals surface area contributed by atoms with Crippen LogP contribution in [0.3, 0.4) is 0 Å². The number of anilines is 1. The number of methoxy groups -OCH3 is 1. The number of hydrogen-bond acceptors (Lipinski definition) is 3. The van der Waals surface area contributed by atoms with Gasteiger partial charge >= 0.3 is 0 Å². The summed E-state index contributed by atoms with van der Waals surface area (Å²) >= 11 is 0. The Balaban J connectivity index is 2.55. The molecule has 3 nitrogen and oxygen atoms in total. The summed E-state index contributed by atoms with van der Waals surface area (Å²) in [5.74, 6) is 0.882. The number of ether oxygens (including phenoxy) is 1. The minimum Gasteiger partial charge on any atom is -0.496 e. The predicted molar refractivity (Wildman–Crippen MR) is 73.3 cm³/mol. The Morgan fingerprint density at radius 1 is 1.29 bits per heavy atom. The molecule has 0 saturated heterocycles. The third kappa shape index (κ3) is 4.65. The zero-order chi connectivity index (χ0) is 12.7. The van der Waals surface area contributed by atoms with E-state index in [2.05, 4.69) is 18.9 Å². The lowest BCUT2D eigenvalue weighted by Gasteiger charge is -2.18. The summed E-state index contributed by atoms with van der Waals surface area (Å²) in [7, 11) is 3.83. The molecule has 17 heavy (non-hydrogen) atoms. The molecule has 0 atom stereocenters. The molecule has 0 aliphatic rings. The molecule has 0 aliphatic carbocycles. The van der Waals surface area contributed by atoms with Gasteiger partial charge in [0.2, 0.25) is 0 Å². The molecular formula is C14H24N2O. The van der Waals surface area contributed by atoms with Crippen molar-refractivity contribution in [3.05, 3.63) is 23.8 Å². The minimum absolute atomic E-state index is 0.749. The first kappa shape index (κ1) is 13.8. The van der Waals surface area contributed by atoms with Gasteiger partial charge in [0.25, 0.3) is 0 Å². The van der Waals surface area contributed by atoms with E-state index in [9.17, 15) is 0 Å². The fourth-order valence-corrected chi connectivity index (χ4v) is 1.89. The maximum atomic E-state index is 5.74. The van der Waals surface area contributed by atoms with E-state index >= 15 is 0 Å². The van der Waals surface area contributed by atoms with Crippen LogP contribution in [0.25, 0.3) is 0 Å². The molecule has 1 rings (SSSR count). The van der Waals surface area contributed by atoms with Crippen molar-refractivity contribution in [1.82, 2.24) is 4.90 Å². The third-order valence-electron chi connectivity index (χ3n) is 2.89. The molecule has 0 heterocycles. The van der Waals surface area contributed by atoms with Crippen molar-refractivity contribution in [2.45, 2.75) is 32.7 Å². The van der Waals surface area contributed by atoms with E-state index in [4.69, 9.17) is 10.5 Å². The first-order chi connectivity index (χ1) is 8.17. The molecule has 0 aliphatic heterocycles. The summed E-state index contributed by atoms with van der Waals surface area (Å²) < 4.78 is 5.35. The fourth-order valence-electron chi connectivity index (χ4n) is 1.89. The highest BCUT2D eigenvalue weighted by atomic mass is 16.5. The van der Waals surface area contributed by atoms with Crippen molar-refractivity contribution >= 4 is 5.69 Å². The minimum atomic E-state index is 0.749. The second kappa shape index (κ2) is 7.17. The number of nitrogens with two attached hydrogens (primary N) is 1. The van der Waals surface area contributed by atoms with Crippen LogP contribution in [0.2, 0.25) is 0 Å². The second-order valence-electron chi connectivity index (χ2n) is 4.52. The lowest BCUT2D eigenvalue weighted by Crippen LogP contribution is -2.19. The smallest absolute Gasteiger partial charge is 0.125 e. The normalized spacial score (nSPS) is 10.8. The lowest BCUT2D eigenvalue weighted by molar-refractivity contribution is 0.310. The SMILES string of the molecule is CCCCCN(C)Cc1ccc(N)cc1OC. The molecule has 1 aromatic rings. The van der Waals surface area contributed by atoms with Crippen LogP contribution in [0, 0.1) is 0 Å². The molecular weight excluding hydrogens is 212 g/mol. The van der Waals surface area contributed by atoms with Crippen LogP contribution in [0.15, 0.2) is 18.2 Å². The Morgan fingerprint density at radius 3 is 2.71 bits per heavy atom. The molecule has 0 bridgehead atoms. The van der Waals surface area contributed by atoms with E-state index in [1.165, 1.54) is 24.8 Å². The second-order valence-corrected chi connectivity index (χ2v) is 4.52. The standard InChI is InChI=1S/C14H24N2O/c1-4-5-6-9-16(2)11-12-7-8-13(15)10-14(12)17-3/h7-8,10H,4-6,9,11,15H2,1-3H3. The van der Waals surface area contributed by atoms with Crippen LogP contribution in [-0.4, -0.2) is 25.6 Å². The number of nitrogen functional groups attached to an aromatic ring is 1. The Hall–Kier alpha value is -1.22. The number of benzene rings is 1. The first-order valence-corrected chi connectivity index (χ1v) is 6.28. The molecule has 1 aromatic carbocycles. The van der Waals surface area contributed by atoms with Gasteiger partial charge in [-0.25, -0.2) is 0 Å². The zero-order valence-electron chi connectivity index (χ0n) is 11.2. The molecule has 96 valence electrons. The fraction of sp³-hybridized carbons (Fsp3) is 0.571. The van der Waals surface area contributed by atoms with Gasteiger partial charge in [-0.05, 0) is 26.1 Å². The monoisotopic (exact) mass is 236 g/mol. The number of nitrogens with zero attached hydrogens (tertiary/aromatic N) is 1. The Bertz CT molecular complexity index is 339. The number of unbranched alkanes of at least 4 members (excludes halogenated alkanes) is 2. The third-order valence-corrected chi connectivity index (χ3v) is 2.89. The summed E-state index contributed by atoms with van der Waals surface area (Å²) in [5, 5.41) is 0. The van der Waals surface area contributed by atoms with E-state index in [-0.39, 0.29) is 0 Å². The van der Waals surface area contributed by atoms with Gasteiger partial charge in [0, 0.05) is 23.9 Å². The predicted octanol–water partition coefficient (Wildman–Crippen LogP) is 2.90. The van der Waals surface area contributed by atoms with Crippen LogP contribution >= 0.6 is 0 Å². The summed E-state index contributed by atoms with van der Waals surface area (Å²) in [6.07, 6.45) is 3.81. The molecule has 0 aromatic heterocycles. The number of hydrogen-bond donors (Lipinski definition) is 1. The van der Waals surface area contributed by atoms with Crippen molar-refractivity contribution in [3.8, 4) is 5.75 Å². The highest BCUT2D eigenvalue weighted by molar-refractivity contribution is 5.48. The van der Waals surface area contributed by atoms with Crippen LogP contribution < -0.4 is 10.5 Å². The van der Waals surface area contributed by atoms with E-state index in [1.807, 2.05) is 18.2 Å². The van der Waals surface area contributed by atoms with Gasteiger partial charge in [-0.15, -0.1) is 0 Å². The quantitative estimate of drug-likeness (QED) is 0.584. The summed E-state index contributed by atoms with van der Waals surface area (Å²) in [6, 6.07) is 5.86. The molecule has 0 saturated carbocycles. The highest BCUT2D eigenvalue weighted by Gasteiger charge is 2.06. The molecule has 0 amide bonds. The molecule has 3 heteroatoms. The van der Waals surface area contributed by atoms with Crippen LogP contribution in [0.4, 0.5) is 5.69 Å². The van der Waals surface area contributed by atoms with E-state index in [1.54, 1.807) is 7.11 Å². The van der Waals surface area contributed by atoms with E-state index in [0.717, 1.165) is 24.5 Å². The van der Waals surface area contributed by atoms with Crippen molar-refractivity contribution in [2.24, 2.45) is 0 Å². The van der Waals surface area contributed by atoms with E-state index in [0.29, 0.717) is 0 Å². The average molecular weight is 236 g/mol. The number of rotatable bonds is 7. The molecule has 2 N–H and O–H groups in total. The molecule has 0 unspecified atom stereocenters. The average Bonchev–Trinajstić information content (AvgIpc) is 2.32. The van der Waals surface area contributed by atoms with Crippen molar-refractivity contribution < 1.29 is 4.74 Å².